The van der Waals surface area contributed by atoms with Crippen molar-refractivity contribution in [1.29, 1.82) is 0 Å². The standard InChI is InChI=1S/C30H34ClN5O3/c1-3-4-16-36(28(37)21-10-8-11-23(31)18-21)27-29(35-17-6-5-13-25(35)34-27)39-30(38)32-15-14-22-19-33-26-20(2)9-7-12-24(22)26/h7-12,18-19,33H,3-6,13-17H2,1-2H3,(H,32,38). The van der Waals surface area contributed by atoms with Crippen LogP contribution < -0.4 is 15.0 Å². The van der Waals surface area contributed by atoms with Gasteiger partial charge in [0.15, 0.2) is 5.82 Å². The minimum atomic E-state index is -0.564. The minimum absolute atomic E-state index is 0.221. The zero-order valence-corrected chi connectivity index (χ0v) is 23.2. The van der Waals surface area contributed by atoms with Crippen molar-refractivity contribution in [3.63, 3.8) is 0 Å². The Morgan fingerprint density at radius 3 is 2.87 bits per heavy atom. The van der Waals surface area contributed by atoms with Crippen LogP contribution in [0.3, 0.4) is 0 Å². The smallest absolute Gasteiger partial charge is 0.389 e. The van der Waals surface area contributed by atoms with Crippen LogP contribution in [-0.2, 0) is 19.4 Å². The highest BCUT2D eigenvalue weighted by atomic mass is 35.5. The number of para-hydroxylation sites is 1. The van der Waals surface area contributed by atoms with Gasteiger partial charge in [0.05, 0.1) is 0 Å². The molecule has 9 heteroatoms. The summed E-state index contributed by atoms with van der Waals surface area (Å²) in [5, 5.41) is 4.53. The number of aromatic nitrogens is 3. The number of aryl methyl sites for hydroxylation is 2. The van der Waals surface area contributed by atoms with E-state index >= 15 is 0 Å². The number of hydrogen-bond acceptors (Lipinski definition) is 4. The molecular formula is C30H34ClN5O3. The maximum atomic E-state index is 13.6. The molecule has 0 saturated heterocycles. The number of nitrogens with one attached hydrogen (secondary N) is 2. The summed E-state index contributed by atoms with van der Waals surface area (Å²) in [4.78, 5) is 36.4. The molecule has 8 nitrogen and oxygen atoms in total. The number of carbonyl (C=O) groups excluding carboxylic acids is 2. The van der Waals surface area contributed by atoms with E-state index in [0.717, 1.165) is 54.4 Å². The normalized spacial score (nSPS) is 12.8. The Morgan fingerprint density at radius 1 is 1.21 bits per heavy atom. The Balaban J connectivity index is 1.36. The van der Waals surface area contributed by atoms with Crippen molar-refractivity contribution >= 4 is 40.3 Å². The van der Waals surface area contributed by atoms with Crippen molar-refractivity contribution in [2.24, 2.45) is 0 Å². The van der Waals surface area contributed by atoms with E-state index in [1.54, 1.807) is 29.2 Å². The van der Waals surface area contributed by atoms with Crippen LogP contribution in [0.25, 0.3) is 10.9 Å². The zero-order valence-electron chi connectivity index (χ0n) is 22.4. The fourth-order valence-electron chi connectivity index (χ4n) is 5.11. The fourth-order valence-corrected chi connectivity index (χ4v) is 5.30. The third-order valence-corrected chi connectivity index (χ3v) is 7.42. The van der Waals surface area contributed by atoms with Crippen molar-refractivity contribution in [1.82, 2.24) is 19.9 Å². The maximum Gasteiger partial charge on any atom is 0.414 e. The van der Waals surface area contributed by atoms with Crippen molar-refractivity contribution < 1.29 is 14.3 Å². The van der Waals surface area contributed by atoms with E-state index in [4.69, 9.17) is 21.3 Å². The number of fused-ring (bicyclic) bond motifs is 2. The second-order valence-electron chi connectivity index (χ2n) is 9.96. The van der Waals surface area contributed by atoms with E-state index in [0.29, 0.717) is 48.3 Å². The number of anilines is 1. The number of benzene rings is 2. The van der Waals surface area contributed by atoms with Gasteiger partial charge in [0.1, 0.15) is 5.82 Å². The van der Waals surface area contributed by atoms with E-state index in [9.17, 15) is 9.59 Å². The lowest BCUT2D eigenvalue weighted by Crippen LogP contribution is -2.34. The molecule has 0 saturated carbocycles. The predicted molar refractivity (Wildman–Crippen MR) is 154 cm³/mol. The molecular weight excluding hydrogens is 514 g/mol. The van der Waals surface area contributed by atoms with Crippen molar-refractivity contribution in [3.05, 3.63) is 76.2 Å². The monoisotopic (exact) mass is 547 g/mol. The summed E-state index contributed by atoms with van der Waals surface area (Å²) in [7, 11) is 0. The van der Waals surface area contributed by atoms with Gasteiger partial charge in [-0.3, -0.25) is 14.3 Å². The molecule has 2 aromatic carbocycles. The van der Waals surface area contributed by atoms with Gasteiger partial charge in [0.25, 0.3) is 5.91 Å². The largest absolute Gasteiger partial charge is 0.414 e. The zero-order chi connectivity index (χ0) is 27.4. The van der Waals surface area contributed by atoms with Gasteiger partial charge in [0.2, 0.25) is 5.88 Å². The van der Waals surface area contributed by atoms with Gasteiger partial charge < -0.3 is 15.0 Å². The van der Waals surface area contributed by atoms with Crippen LogP contribution in [0.1, 0.15) is 59.9 Å². The molecule has 0 bridgehead atoms. The molecule has 0 fully saturated rings. The van der Waals surface area contributed by atoms with E-state index < -0.39 is 6.09 Å². The number of carbonyl (C=O) groups is 2. The van der Waals surface area contributed by atoms with E-state index in [2.05, 4.69) is 36.3 Å². The van der Waals surface area contributed by atoms with Gasteiger partial charge in [-0.25, -0.2) is 9.78 Å². The topological polar surface area (TPSA) is 92.2 Å². The van der Waals surface area contributed by atoms with Gasteiger partial charge >= 0.3 is 6.09 Å². The second kappa shape index (κ2) is 11.9. The van der Waals surface area contributed by atoms with Gasteiger partial charge in [-0.1, -0.05) is 49.2 Å². The number of hydrogen-bond donors (Lipinski definition) is 2. The molecule has 0 atom stereocenters. The Hall–Kier alpha value is -3.78. The molecule has 4 aromatic rings. The lowest BCUT2D eigenvalue weighted by atomic mass is 10.1. The molecule has 204 valence electrons. The molecule has 2 N–H and O–H groups in total. The minimum Gasteiger partial charge on any atom is -0.389 e. The van der Waals surface area contributed by atoms with Crippen molar-refractivity contribution in [2.75, 3.05) is 18.0 Å². The molecule has 5 rings (SSSR count). The number of rotatable bonds is 9. The average molecular weight is 548 g/mol. The van der Waals surface area contributed by atoms with E-state index in [1.807, 2.05) is 16.8 Å². The Kier molecular flexibility index (Phi) is 8.21. The third kappa shape index (κ3) is 5.81. The van der Waals surface area contributed by atoms with Gasteiger partial charge in [0, 0.05) is 53.7 Å². The fraction of sp³-hybridized carbons (Fsp3) is 0.367. The SMILES string of the molecule is CCCCN(C(=O)c1cccc(Cl)c1)c1nc2n(c1OC(=O)NCCc1c[nH]c3c(C)cccc13)CCCC2. The summed E-state index contributed by atoms with van der Waals surface area (Å²) in [6, 6.07) is 13.1. The molecule has 0 unspecified atom stereocenters. The average Bonchev–Trinajstić information content (AvgIpc) is 3.51. The molecule has 3 heterocycles. The number of H-pyrrole nitrogens is 1. The third-order valence-electron chi connectivity index (χ3n) is 7.19. The molecule has 2 aromatic heterocycles. The van der Waals surface area contributed by atoms with Gasteiger partial charge in [-0.05, 0) is 61.9 Å². The Labute approximate surface area is 233 Å². The first-order valence-corrected chi connectivity index (χ1v) is 14.0. The Bertz CT molecular complexity index is 1490. The quantitative estimate of drug-likeness (QED) is 0.252. The molecule has 39 heavy (non-hydrogen) atoms. The lowest BCUT2D eigenvalue weighted by Gasteiger charge is -2.22. The summed E-state index contributed by atoms with van der Waals surface area (Å²) in [5.41, 5.74) is 3.90. The summed E-state index contributed by atoms with van der Waals surface area (Å²) < 4.78 is 7.84. The van der Waals surface area contributed by atoms with Crippen LogP contribution in [0.4, 0.5) is 10.6 Å². The van der Waals surface area contributed by atoms with E-state index in [1.165, 1.54) is 5.56 Å². The van der Waals surface area contributed by atoms with Gasteiger partial charge in [-0.15, -0.1) is 0 Å². The molecule has 2 amide bonds. The molecule has 1 aliphatic heterocycles. The molecule has 0 spiro atoms. The Morgan fingerprint density at radius 2 is 2.05 bits per heavy atom. The highest BCUT2D eigenvalue weighted by Gasteiger charge is 2.30. The molecule has 0 radical (unpaired) electrons. The first-order chi connectivity index (χ1) is 19.0. The summed E-state index contributed by atoms with van der Waals surface area (Å²) in [5.74, 6) is 1.30. The number of amides is 2. The maximum absolute atomic E-state index is 13.6. The van der Waals surface area contributed by atoms with Crippen LogP contribution in [0.2, 0.25) is 5.02 Å². The molecule has 0 aliphatic carbocycles. The van der Waals surface area contributed by atoms with Gasteiger partial charge in [-0.2, -0.15) is 0 Å². The van der Waals surface area contributed by atoms with Crippen LogP contribution in [0.5, 0.6) is 5.88 Å². The van der Waals surface area contributed by atoms with Crippen LogP contribution >= 0.6 is 11.6 Å². The van der Waals surface area contributed by atoms with Crippen LogP contribution in [-0.4, -0.2) is 39.6 Å². The highest BCUT2D eigenvalue weighted by Crippen LogP contribution is 2.34. The summed E-state index contributed by atoms with van der Waals surface area (Å²) in [6.45, 7) is 5.70. The van der Waals surface area contributed by atoms with Crippen molar-refractivity contribution in [2.45, 2.75) is 58.9 Å². The number of unbranched alkanes of at least 4 members (excludes halogenated alkanes) is 1. The molecule has 1 aliphatic rings. The first kappa shape index (κ1) is 26.8. The summed E-state index contributed by atoms with van der Waals surface area (Å²) in [6.07, 6.45) is 6.49. The number of imidazole rings is 1. The number of halogens is 1. The first-order valence-electron chi connectivity index (χ1n) is 13.6. The second-order valence-corrected chi connectivity index (χ2v) is 10.4. The van der Waals surface area contributed by atoms with E-state index in [-0.39, 0.29) is 5.91 Å². The number of aromatic amines is 1. The number of ether oxygens (including phenoxy) is 1. The van der Waals surface area contributed by atoms with Crippen molar-refractivity contribution in [3.8, 4) is 5.88 Å². The lowest BCUT2D eigenvalue weighted by molar-refractivity contribution is 0.0984. The van der Waals surface area contributed by atoms with Crippen LogP contribution in [0, 0.1) is 6.92 Å². The number of nitrogens with zero attached hydrogens (tertiary/aromatic N) is 3. The van der Waals surface area contributed by atoms with Crippen LogP contribution in [0.15, 0.2) is 48.7 Å². The predicted octanol–water partition coefficient (Wildman–Crippen LogP) is 6.44. The summed E-state index contributed by atoms with van der Waals surface area (Å²) >= 11 is 6.18. The highest BCUT2D eigenvalue weighted by molar-refractivity contribution is 6.31.